The fourth-order valence-corrected chi connectivity index (χ4v) is 3.48. The summed E-state index contributed by atoms with van der Waals surface area (Å²) in [6.45, 7) is 0. The van der Waals surface area contributed by atoms with E-state index in [0.717, 1.165) is 12.1 Å². The number of rotatable bonds is 5. The molecular formula is C18H14F3N5O2S2. The summed E-state index contributed by atoms with van der Waals surface area (Å²) >= 11 is 5.13. The number of halogens is 3. The number of thiocarbonyl (C=S) groups is 1. The number of nitrogens with one attached hydrogen (secondary N) is 3. The maximum absolute atomic E-state index is 12.6. The lowest BCUT2D eigenvalue weighted by molar-refractivity contribution is -0.137. The smallest absolute Gasteiger partial charge is 0.332 e. The van der Waals surface area contributed by atoms with Gasteiger partial charge in [0, 0.05) is 23.8 Å². The zero-order chi connectivity index (χ0) is 21.8. The third kappa shape index (κ3) is 5.64. The fourth-order valence-electron chi connectivity index (χ4n) is 2.28. The second-order valence-corrected chi connectivity index (χ2v) is 7.95. The van der Waals surface area contributed by atoms with Crippen molar-refractivity contribution >= 4 is 44.7 Å². The predicted octanol–water partition coefficient (Wildman–Crippen LogP) is 4.11. The first-order valence-electron chi connectivity index (χ1n) is 8.29. The van der Waals surface area contributed by atoms with E-state index in [0.29, 0.717) is 11.4 Å². The van der Waals surface area contributed by atoms with E-state index in [9.17, 15) is 21.6 Å². The number of nitrogens with zero attached hydrogens (tertiary/aromatic N) is 2. The van der Waals surface area contributed by atoms with E-state index in [-0.39, 0.29) is 16.0 Å². The number of anilines is 3. The number of alkyl halides is 3. The van der Waals surface area contributed by atoms with Crippen LogP contribution in [-0.2, 0) is 16.2 Å². The molecule has 0 saturated carbocycles. The normalized spacial score (nSPS) is 11.6. The van der Waals surface area contributed by atoms with Crippen LogP contribution in [0.25, 0.3) is 0 Å². The lowest BCUT2D eigenvalue weighted by Crippen LogP contribution is -2.19. The zero-order valence-electron chi connectivity index (χ0n) is 15.0. The Labute approximate surface area is 175 Å². The minimum absolute atomic E-state index is 0.0119. The van der Waals surface area contributed by atoms with Crippen molar-refractivity contribution in [2.75, 3.05) is 15.4 Å². The maximum atomic E-state index is 12.6. The average molecular weight is 453 g/mol. The van der Waals surface area contributed by atoms with Crippen LogP contribution in [0.1, 0.15) is 5.56 Å². The molecule has 0 aliphatic heterocycles. The Bertz CT molecular complexity index is 1120. The summed E-state index contributed by atoms with van der Waals surface area (Å²) < 4.78 is 64.7. The molecule has 3 rings (SSSR count). The molecule has 0 amide bonds. The molecule has 0 unspecified atom stereocenters. The van der Waals surface area contributed by atoms with Crippen LogP contribution in [0.2, 0.25) is 0 Å². The minimum atomic E-state index is -4.42. The number of hydrogen-bond donors (Lipinski definition) is 3. The van der Waals surface area contributed by atoms with Crippen LogP contribution in [0.3, 0.4) is 0 Å². The molecule has 3 N–H and O–H groups in total. The van der Waals surface area contributed by atoms with Crippen molar-refractivity contribution in [1.29, 1.82) is 0 Å². The summed E-state index contributed by atoms with van der Waals surface area (Å²) in [5, 5.41) is 5.70. The molecule has 1 heterocycles. The highest BCUT2D eigenvalue weighted by molar-refractivity contribution is 7.92. The van der Waals surface area contributed by atoms with Gasteiger partial charge in [0.1, 0.15) is 0 Å². The second-order valence-electron chi connectivity index (χ2n) is 5.86. The number of aromatic nitrogens is 2. The highest BCUT2D eigenvalue weighted by Crippen LogP contribution is 2.29. The Morgan fingerprint density at radius 2 is 1.37 bits per heavy atom. The molecule has 156 valence electrons. The average Bonchev–Trinajstić information content (AvgIpc) is 2.68. The molecule has 0 atom stereocenters. The number of benzene rings is 2. The fraction of sp³-hybridized carbons (Fsp3) is 0.0556. The maximum Gasteiger partial charge on any atom is 0.416 e. The molecule has 0 spiro atoms. The summed E-state index contributed by atoms with van der Waals surface area (Å²) in [7, 11) is -3.87. The van der Waals surface area contributed by atoms with Crippen molar-refractivity contribution in [2.24, 2.45) is 0 Å². The largest absolute Gasteiger partial charge is 0.416 e. The molecule has 0 radical (unpaired) electrons. The van der Waals surface area contributed by atoms with Crippen LogP contribution in [-0.4, -0.2) is 23.5 Å². The van der Waals surface area contributed by atoms with Crippen LogP contribution in [0.4, 0.5) is 30.5 Å². The first kappa shape index (κ1) is 21.5. The van der Waals surface area contributed by atoms with E-state index in [4.69, 9.17) is 12.2 Å². The van der Waals surface area contributed by atoms with Gasteiger partial charge in [-0.25, -0.2) is 23.1 Å². The van der Waals surface area contributed by atoms with Gasteiger partial charge >= 0.3 is 6.18 Å². The molecule has 7 nitrogen and oxygen atoms in total. The van der Waals surface area contributed by atoms with E-state index < -0.39 is 21.8 Å². The summed E-state index contributed by atoms with van der Waals surface area (Å²) in [6, 6.07) is 11.6. The SMILES string of the molecule is O=S(=O)(Nc1ncccn1)c1ccc(NC(=S)Nc2ccc(C(F)(F)F)cc2)cc1. The third-order valence-corrected chi connectivity index (χ3v) is 5.23. The molecule has 0 aliphatic carbocycles. The van der Waals surface area contributed by atoms with Gasteiger partial charge in [0.15, 0.2) is 5.11 Å². The van der Waals surface area contributed by atoms with Gasteiger partial charge in [0.25, 0.3) is 10.0 Å². The third-order valence-electron chi connectivity index (χ3n) is 3.68. The van der Waals surface area contributed by atoms with Gasteiger partial charge in [-0.15, -0.1) is 0 Å². The van der Waals surface area contributed by atoms with Crippen molar-refractivity contribution in [1.82, 2.24) is 9.97 Å². The Hall–Kier alpha value is -3.25. The molecule has 30 heavy (non-hydrogen) atoms. The predicted molar refractivity (Wildman–Crippen MR) is 111 cm³/mol. The first-order chi connectivity index (χ1) is 14.1. The molecule has 0 fully saturated rings. The van der Waals surface area contributed by atoms with Crippen molar-refractivity contribution in [3.05, 3.63) is 72.6 Å². The quantitative estimate of drug-likeness (QED) is 0.501. The summed E-state index contributed by atoms with van der Waals surface area (Å²) in [6.07, 6.45) is -1.61. The molecule has 0 saturated heterocycles. The molecule has 2 aromatic carbocycles. The van der Waals surface area contributed by atoms with Gasteiger partial charge in [0.2, 0.25) is 5.95 Å². The zero-order valence-corrected chi connectivity index (χ0v) is 16.6. The van der Waals surface area contributed by atoms with Crippen LogP contribution >= 0.6 is 12.2 Å². The summed E-state index contributed by atoms with van der Waals surface area (Å²) in [4.78, 5) is 7.60. The van der Waals surface area contributed by atoms with Gasteiger partial charge in [-0.05, 0) is 66.8 Å². The van der Waals surface area contributed by atoms with Gasteiger partial charge in [-0.3, -0.25) is 0 Å². The Morgan fingerprint density at radius 1 is 0.867 bits per heavy atom. The van der Waals surface area contributed by atoms with Crippen LogP contribution in [0, 0.1) is 0 Å². The van der Waals surface area contributed by atoms with Gasteiger partial charge in [-0.2, -0.15) is 13.2 Å². The minimum Gasteiger partial charge on any atom is -0.332 e. The second kappa shape index (κ2) is 8.63. The lowest BCUT2D eigenvalue weighted by atomic mass is 10.2. The van der Waals surface area contributed by atoms with E-state index in [2.05, 4.69) is 25.3 Å². The van der Waals surface area contributed by atoms with Crippen molar-refractivity contribution in [3.63, 3.8) is 0 Å². The highest BCUT2D eigenvalue weighted by atomic mass is 32.2. The van der Waals surface area contributed by atoms with Crippen LogP contribution < -0.4 is 15.4 Å². The number of hydrogen-bond acceptors (Lipinski definition) is 5. The molecule has 12 heteroatoms. The van der Waals surface area contributed by atoms with Crippen molar-refractivity contribution in [3.8, 4) is 0 Å². The lowest BCUT2D eigenvalue weighted by Gasteiger charge is -2.12. The topological polar surface area (TPSA) is 96.0 Å². The van der Waals surface area contributed by atoms with Crippen molar-refractivity contribution < 1.29 is 21.6 Å². The number of sulfonamides is 1. The van der Waals surface area contributed by atoms with Gasteiger partial charge < -0.3 is 10.6 Å². The Kier molecular flexibility index (Phi) is 6.17. The van der Waals surface area contributed by atoms with E-state index in [1.54, 1.807) is 6.07 Å². The monoisotopic (exact) mass is 453 g/mol. The molecular weight excluding hydrogens is 439 g/mol. The Morgan fingerprint density at radius 3 is 1.87 bits per heavy atom. The Balaban J connectivity index is 1.62. The van der Waals surface area contributed by atoms with Crippen LogP contribution in [0.5, 0.6) is 0 Å². The molecule has 0 aliphatic rings. The summed E-state index contributed by atoms with van der Waals surface area (Å²) in [5.41, 5.74) is 0.0827. The first-order valence-corrected chi connectivity index (χ1v) is 10.2. The van der Waals surface area contributed by atoms with Gasteiger partial charge in [-0.1, -0.05) is 0 Å². The van der Waals surface area contributed by atoms with E-state index >= 15 is 0 Å². The molecule has 3 aromatic rings. The van der Waals surface area contributed by atoms with E-state index in [1.165, 1.54) is 48.8 Å². The van der Waals surface area contributed by atoms with Crippen LogP contribution in [0.15, 0.2) is 71.9 Å². The van der Waals surface area contributed by atoms with Crippen molar-refractivity contribution in [2.45, 2.75) is 11.1 Å². The summed E-state index contributed by atoms with van der Waals surface area (Å²) in [5.74, 6) is -0.0541. The molecule has 1 aromatic heterocycles. The van der Waals surface area contributed by atoms with E-state index in [1.807, 2.05) is 0 Å². The van der Waals surface area contributed by atoms with Gasteiger partial charge in [0.05, 0.1) is 10.5 Å². The molecule has 0 bridgehead atoms. The highest BCUT2D eigenvalue weighted by Gasteiger charge is 2.29. The standard InChI is InChI=1S/C18H14F3N5O2S2/c19-18(20,21)12-2-4-13(5-3-12)24-17(29)25-14-6-8-15(9-7-14)30(27,28)26-16-22-10-1-11-23-16/h1-11H,(H,22,23,26)(H2,24,25,29).